The van der Waals surface area contributed by atoms with Crippen molar-refractivity contribution in [1.82, 2.24) is 35.2 Å². The molecule has 0 spiro atoms. The number of benzene rings is 2. The third-order valence-corrected chi connectivity index (χ3v) is 5.34. The Kier molecular flexibility index (Phi) is 4.93. The highest BCUT2D eigenvalue weighted by atomic mass is 15.0. The average Bonchev–Trinajstić information content (AvgIpc) is 3.51. The molecule has 0 saturated heterocycles. The van der Waals surface area contributed by atoms with Crippen LogP contribution in [0.2, 0.25) is 0 Å². The molecule has 0 radical (unpaired) electrons. The monoisotopic (exact) mass is 413 g/mol. The minimum absolute atomic E-state index is 0.0361. The number of hydrogen-bond acceptors (Lipinski definition) is 5. The zero-order valence-electron chi connectivity index (χ0n) is 16.8. The van der Waals surface area contributed by atoms with Gasteiger partial charge in [-0.05, 0) is 43.3 Å². The molecule has 31 heavy (non-hydrogen) atoms. The minimum atomic E-state index is -0.0512. The number of nitrogens with zero attached hydrogens (tertiary/aromatic N) is 3. The lowest BCUT2D eigenvalue weighted by molar-refractivity contribution is 0.576. The van der Waals surface area contributed by atoms with E-state index in [1.807, 2.05) is 48.7 Å². The van der Waals surface area contributed by atoms with E-state index in [1.54, 1.807) is 6.20 Å². The molecule has 0 aliphatic rings. The SMILES string of the molecule is N=C(N)c1ccc2nc(C(CCNCc3ncc[nH]3)c3nc4ccccc4[nH]3)[nH]c2c1. The quantitative estimate of drug-likeness (QED) is 0.131. The zero-order chi connectivity index (χ0) is 21.2. The first kappa shape index (κ1) is 19.0. The number of rotatable bonds is 8. The molecule has 3 heterocycles. The first-order valence-electron chi connectivity index (χ1n) is 10.1. The lowest BCUT2D eigenvalue weighted by Gasteiger charge is -2.12. The van der Waals surface area contributed by atoms with E-state index in [1.165, 1.54) is 0 Å². The van der Waals surface area contributed by atoms with Gasteiger partial charge >= 0.3 is 0 Å². The topological polar surface area (TPSA) is 148 Å². The van der Waals surface area contributed by atoms with Gasteiger partial charge in [-0.3, -0.25) is 5.41 Å². The van der Waals surface area contributed by atoms with Gasteiger partial charge in [0.05, 0.1) is 34.5 Å². The van der Waals surface area contributed by atoms with E-state index in [-0.39, 0.29) is 11.8 Å². The van der Waals surface area contributed by atoms with Crippen LogP contribution < -0.4 is 11.1 Å². The second-order valence-corrected chi connectivity index (χ2v) is 7.46. The van der Waals surface area contributed by atoms with Crippen molar-refractivity contribution in [2.75, 3.05) is 6.54 Å². The van der Waals surface area contributed by atoms with Gasteiger partial charge in [0.25, 0.3) is 0 Å². The third kappa shape index (κ3) is 3.90. The summed E-state index contributed by atoms with van der Waals surface area (Å²) in [6.45, 7) is 1.43. The minimum Gasteiger partial charge on any atom is -0.384 e. The molecular formula is C22H23N9. The summed E-state index contributed by atoms with van der Waals surface area (Å²) < 4.78 is 0. The normalized spacial score (nSPS) is 12.5. The number of nitrogens with two attached hydrogens (primary N) is 1. The summed E-state index contributed by atoms with van der Waals surface area (Å²) in [5.74, 6) is 2.58. The Balaban J connectivity index is 1.45. The van der Waals surface area contributed by atoms with E-state index in [2.05, 4.69) is 25.3 Å². The molecule has 5 aromatic rings. The van der Waals surface area contributed by atoms with Crippen molar-refractivity contribution in [3.05, 3.63) is 77.9 Å². The van der Waals surface area contributed by atoms with Crippen molar-refractivity contribution < 1.29 is 0 Å². The van der Waals surface area contributed by atoms with Crippen LogP contribution in [0.5, 0.6) is 0 Å². The van der Waals surface area contributed by atoms with E-state index < -0.39 is 0 Å². The molecule has 0 amide bonds. The standard InChI is InChI=1S/C22H23N9/c23-20(24)13-5-6-17-18(11-13)31-22(30-17)14(7-8-25-12-19-26-9-10-27-19)21-28-15-3-1-2-4-16(15)29-21/h1-6,9-11,14,25H,7-8,12H2,(H3,23,24)(H,26,27)(H,28,29)(H,30,31). The first-order valence-corrected chi connectivity index (χ1v) is 10.1. The van der Waals surface area contributed by atoms with Crippen LogP contribution in [0.3, 0.4) is 0 Å². The van der Waals surface area contributed by atoms with Crippen LogP contribution >= 0.6 is 0 Å². The predicted octanol–water partition coefficient (Wildman–Crippen LogP) is 2.76. The van der Waals surface area contributed by atoms with Gasteiger partial charge in [-0.1, -0.05) is 12.1 Å². The van der Waals surface area contributed by atoms with Crippen LogP contribution in [0.15, 0.2) is 54.9 Å². The number of nitrogens with one attached hydrogen (secondary N) is 5. The summed E-state index contributed by atoms with van der Waals surface area (Å²) in [4.78, 5) is 23.9. The van der Waals surface area contributed by atoms with E-state index in [0.717, 1.165) is 52.5 Å². The number of hydrogen-bond donors (Lipinski definition) is 6. The van der Waals surface area contributed by atoms with E-state index in [0.29, 0.717) is 12.1 Å². The number of H-pyrrole nitrogens is 3. The van der Waals surface area contributed by atoms with E-state index in [9.17, 15) is 0 Å². The van der Waals surface area contributed by atoms with Gasteiger partial charge in [0.15, 0.2) is 0 Å². The maximum Gasteiger partial charge on any atom is 0.122 e. The Morgan fingerprint density at radius 3 is 2.55 bits per heavy atom. The van der Waals surface area contributed by atoms with Gasteiger partial charge in [-0.2, -0.15) is 0 Å². The van der Waals surface area contributed by atoms with Gasteiger partial charge in [0, 0.05) is 18.0 Å². The molecule has 0 fully saturated rings. The van der Waals surface area contributed by atoms with E-state index in [4.69, 9.17) is 21.1 Å². The Bertz CT molecular complexity index is 1300. The van der Waals surface area contributed by atoms with Crippen molar-refractivity contribution in [2.45, 2.75) is 18.9 Å². The Hall–Kier alpha value is -3.98. The lowest BCUT2D eigenvalue weighted by Crippen LogP contribution is -2.19. The Labute approximate surface area is 178 Å². The molecule has 9 nitrogen and oxygen atoms in total. The number of fused-ring (bicyclic) bond motifs is 2. The Morgan fingerprint density at radius 2 is 1.81 bits per heavy atom. The molecule has 9 heteroatoms. The highest BCUT2D eigenvalue weighted by Crippen LogP contribution is 2.27. The molecule has 1 unspecified atom stereocenters. The molecule has 0 aliphatic carbocycles. The second kappa shape index (κ2) is 8.04. The van der Waals surface area contributed by atoms with Crippen molar-refractivity contribution in [3.63, 3.8) is 0 Å². The molecule has 0 saturated carbocycles. The maximum absolute atomic E-state index is 7.68. The van der Waals surface area contributed by atoms with Gasteiger partial charge in [0.1, 0.15) is 23.3 Å². The number of nitrogen functional groups attached to an aromatic ring is 1. The van der Waals surface area contributed by atoms with Crippen LogP contribution in [0.25, 0.3) is 22.1 Å². The highest BCUT2D eigenvalue weighted by molar-refractivity contribution is 5.97. The number of imidazole rings is 3. The van der Waals surface area contributed by atoms with Crippen LogP contribution in [0, 0.1) is 5.41 Å². The van der Waals surface area contributed by atoms with Crippen molar-refractivity contribution >= 4 is 27.9 Å². The summed E-state index contributed by atoms with van der Waals surface area (Å²) in [5, 5.41) is 11.1. The van der Waals surface area contributed by atoms with E-state index >= 15 is 0 Å². The van der Waals surface area contributed by atoms with Gasteiger partial charge in [-0.25, -0.2) is 15.0 Å². The molecule has 7 N–H and O–H groups in total. The van der Waals surface area contributed by atoms with Gasteiger partial charge < -0.3 is 26.0 Å². The summed E-state index contributed by atoms with van der Waals surface area (Å²) in [7, 11) is 0. The fourth-order valence-corrected chi connectivity index (χ4v) is 3.75. The fraction of sp³-hybridized carbons (Fsp3) is 0.182. The smallest absolute Gasteiger partial charge is 0.122 e. The zero-order valence-corrected chi connectivity index (χ0v) is 16.8. The highest BCUT2D eigenvalue weighted by Gasteiger charge is 2.22. The van der Waals surface area contributed by atoms with Crippen molar-refractivity contribution in [2.24, 2.45) is 5.73 Å². The van der Waals surface area contributed by atoms with Crippen molar-refractivity contribution in [3.8, 4) is 0 Å². The van der Waals surface area contributed by atoms with Gasteiger partial charge in [0.2, 0.25) is 0 Å². The summed E-state index contributed by atoms with van der Waals surface area (Å²) in [6, 6.07) is 13.6. The Morgan fingerprint density at radius 1 is 1.03 bits per heavy atom. The largest absolute Gasteiger partial charge is 0.384 e. The molecule has 156 valence electrons. The van der Waals surface area contributed by atoms with Crippen LogP contribution in [0.4, 0.5) is 0 Å². The summed E-state index contributed by atoms with van der Waals surface area (Å²) in [6.07, 6.45) is 4.36. The third-order valence-electron chi connectivity index (χ3n) is 5.34. The molecule has 0 aliphatic heterocycles. The summed E-state index contributed by atoms with van der Waals surface area (Å²) >= 11 is 0. The number of aromatic amines is 3. The van der Waals surface area contributed by atoms with Crippen LogP contribution in [-0.2, 0) is 6.54 Å². The lowest BCUT2D eigenvalue weighted by atomic mass is 10.0. The fourth-order valence-electron chi connectivity index (χ4n) is 3.75. The average molecular weight is 413 g/mol. The van der Waals surface area contributed by atoms with Crippen LogP contribution in [-0.4, -0.2) is 42.3 Å². The number of amidine groups is 1. The molecule has 3 aromatic heterocycles. The van der Waals surface area contributed by atoms with Gasteiger partial charge in [-0.15, -0.1) is 0 Å². The molecule has 1 atom stereocenters. The number of aromatic nitrogens is 6. The number of para-hydroxylation sites is 2. The van der Waals surface area contributed by atoms with Crippen molar-refractivity contribution in [1.29, 1.82) is 5.41 Å². The molecule has 5 rings (SSSR count). The second-order valence-electron chi connectivity index (χ2n) is 7.46. The summed E-state index contributed by atoms with van der Waals surface area (Å²) in [5.41, 5.74) is 9.94. The maximum atomic E-state index is 7.68. The molecule has 0 bridgehead atoms. The van der Waals surface area contributed by atoms with Crippen LogP contribution in [0.1, 0.15) is 35.4 Å². The molecular weight excluding hydrogens is 390 g/mol. The predicted molar refractivity (Wildman–Crippen MR) is 120 cm³/mol. The first-order chi connectivity index (χ1) is 15.2. The molecule has 2 aromatic carbocycles.